The maximum absolute atomic E-state index is 11.9. The number of hydrogen-bond acceptors (Lipinski definition) is 5. The van der Waals surface area contributed by atoms with Crippen molar-refractivity contribution < 1.29 is 14.6 Å². The number of aliphatic hydroxyl groups is 1. The molecule has 5 nitrogen and oxygen atoms in total. The number of ether oxygens (including phenoxy) is 1. The minimum absolute atomic E-state index is 0.126. The molecule has 3 N–H and O–H groups in total. The second-order valence-corrected chi connectivity index (χ2v) is 6.47. The predicted octanol–water partition coefficient (Wildman–Crippen LogP) is 1.40. The third-order valence-corrected chi connectivity index (χ3v) is 4.77. The molecule has 1 amide bonds. The van der Waals surface area contributed by atoms with Crippen molar-refractivity contribution in [1.29, 1.82) is 0 Å². The summed E-state index contributed by atoms with van der Waals surface area (Å²) in [4.78, 5) is 12.6. The van der Waals surface area contributed by atoms with Gasteiger partial charge in [0, 0.05) is 13.1 Å². The van der Waals surface area contributed by atoms with Gasteiger partial charge in [-0.3, -0.25) is 4.79 Å². The first kappa shape index (κ1) is 16.1. The van der Waals surface area contributed by atoms with Crippen molar-refractivity contribution in [1.82, 2.24) is 10.6 Å². The van der Waals surface area contributed by atoms with Crippen LogP contribution in [-0.4, -0.2) is 42.4 Å². The molecule has 0 spiro atoms. The van der Waals surface area contributed by atoms with Crippen LogP contribution < -0.4 is 10.6 Å². The van der Waals surface area contributed by atoms with Crippen LogP contribution in [0.15, 0.2) is 47.8 Å². The third-order valence-electron chi connectivity index (χ3n) is 3.90. The van der Waals surface area contributed by atoms with E-state index in [4.69, 9.17) is 4.74 Å². The monoisotopic (exact) mass is 332 g/mol. The van der Waals surface area contributed by atoms with Gasteiger partial charge in [-0.2, -0.15) is 0 Å². The van der Waals surface area contributed by atoms with Crippen molar-refractivity contribution in [2.75, 3.05) is 13.2 Å². The SMILES string of the molecule is O=C(NCC1OCC(NCc2ccccc2)C1O)c1cccs1. The van der Waals surface area contributed by atoms with E-state index in [0.717, 1.165) is 5.56 Å². The Bertz CT molecular complexity index is 618. The van der Waals surface area contributed by atoms with E-state index in [2.05, 4.69) is 10.6 Å². The summed E-state index contributed by atoms with van der Waals surface area (Å²) in [6.45, 7) is 1.43. The fourth-order valence-corrected chi connectivity index (χ4v) is 3.22. The van der Waals surface area contributed by atoms with Gasteiger partial charge in [0.15, 0.2) is 0 Å². The van der Waals surface area contributed by atoms with E-state index in [9.17, 15) is 9.90 Å². The standard InChI is InChI=1S/C17H20N2O3S/c20-16-13(18-9-12-5-2-1-3-6-12)11-22-14(16)10-19-17(21)15-7-4-8-23-15/h1-8,13-14,16,18,20H,9-11H2,(H,19,21). The summed E-state index contributed by atoms with van der Waals surface area (Å²) in [5.41, 5.74) is 1.16. The van der Waals surface area contributed by atoms with Crippen LogP contribution in [0.1, 0.15) is 15.2 Å². The normalized spacial score (nSPS) is 23.8. The van der Waals surface area contributed by atoms with Crippen LogP contribution in [0.5, 0.6) is 0 Å². The van der Waals surface area contributed by atoms with Gasteiger partial charge >= 0.3 is 0 Å². The lowest BCUT2D eigenvalue weighted by molar-refractivity contribution is 0.0399. The molecule has 122 valence electrons. The molecular formula is C17H20N2O3S. The lowest BCUT2D eigenvalue weighted by atomic mass is 10.1. The summed E-state index contributed by atoms with van der Waals surface area (Å²) in [6.07, 6.45) is -1.02. The van der Waals surface area contributed by atoms with Gasteiger partial charge in [-0.05, 0) is 17.0 Å². The zero-order chi connectivity index (χ0) is 16.1. The summed E-state index contributed by atoms with van der Waals surface area (Å²) < 4.78 is 5.61. The van der Waals surface area contributed by atoms with Gasteiger partial charge in [-0.25, -0.2) is 0 Å². The number of benzene rings is 1. The molecule has 3 rings (SSSR count). The third kappa shape index (κ3) is 4.17. The molecule has 0 saturated carbocycles. The molecule has 1 fully saturated rings. The van der Waals surface area contributed by atoms with Gasteiger partial charge < -0.3 is 20.5 Å². The number of carbonyl (C=O) groups is 1. The lowest BCUT2D eigenvalue weighted by Crippen LogP contribution is -2.44. The molecule has 3 atom stereocenters. The summed E-state index contributed by atoms with van der Waals surface area (Å²) in [5, 5.41) is 18.3. The first-order valence-corrected chi connectivity index (χ1v) is 8.50. The Balaban J connectivity index is 1.45. The first-order valence-electron chi connectivity index (χ1n) is 7.63. The summed E-state index contributed by atoms with van der Waals surface area (Å²) >= 11 is 1.39. The average Bonchev–Trinajstić information content (AvgIpc) is 3.22. The molecule has 1 saturated heterocycles. The van der Waals surface area contributed by atoms with Crippen LogP contribution >= 0.6 is 11.3 Å². The first-order chi connectivity index (χ1) is 11.2. The molecule has 23 heavy (non-hydrogen) atoms. The number of rotatable bonds is 6. The molecule has 1 aliphatic heterocycles. The van der Waals surface area contributed by atoms with Gasteiger partial charge in [-0.1, -0.05) is 36.4 Å². The zero-order valence-corrected chi connectivity index (χ0v) is 13.5. The molecular weight excluding hydrogens is 312 g/mol. The Labute approximate surface area is 139 Å². The van der Waals surface area contributed by atoms with Crippen molar-refractivity contribution in [3.63, 3.8) is 0 Å². The maximum Gasteiger partial charge on any atom is 0.261 e. The Hall–Kier alpha value is -1.73. The van der Waals surface area contributed by atoms with Crippen LogP contribution in [-0.2, 0) is 11.3 Å². The van der Waals surface area contributed by atoms with E-state index >= 15 is 0 Å². The highest BCUT2D eigenvalue weighted by atomic mass is 32.1. The minimum Gasteiger partial charge on any atom is -0.389 e. The van der Waals surface area contributed by atoms with Gasteiger partial charge in [0.2, 0.25) is 0 Å². The molecule has 1 aromatic heterocycles. The molecule has 1 aromatic carbocycles. The highest BCUT2D eigenvalue weighted by molar-refractivity contribution is 7.12. The molecule has 3 unspecified atom stereocenters. The van der Waals surface area contributed by atoms with E-state index in [1.807, 2.05) is 41.8 Å². The largest absolute Gasteiger partial charge is 0.389 e. The smallest absolute Gasteiger partial charge is 0.261 e. The van der Waals surface area contributed by atoms with Gasteiger partial charge in [-0.15, -0.1) is 11.3 Å². The Kier molecular flexibility index (Phi) is 5.40. The summed E-state index contributed by atoms with van der Waals surface area (Å²) in [7, 11) is 0. The van der Waals surface area contributed by atoms with E-state index < -0.39 is 6.10 Å². The van der Waals surface area contributed by atoms with Gasteiger partial charge in [0.05, 0.1) is 23.6 Å². The topological polar surface area (TPSA) is 70.6 Å². The number of thiophene rings is 1. The maximum atomic E-state index is 11.9. The highest BCUT2D eigenvalue weighted by Gasteiger charge is 2.35. The predicted molar refractivity (Wildman–Crippen MR) is 89.5 cm³/mol. The molecule has 6 heteroatoms. The molecule has 2 heterocycles. The van der Waals surface area contributed by atoms with Crippen LogP contribution in [0.2, 0.25) is 0 Å². The molecule has 0 bridgehead atoms. The second-order valence-electron chi connectivity index (χ2n) is 5.52. The van der Waals surface area contributed by atoms with Crippen molar-refractivity contribution >= 4 is 17.2 Å². The van der Waals surface area contributed by atoms with E-state index in [1.165, 1.54) is 11.3 Å². The Morgan fingerprint density at radius 2 is 2.09 bits per heavy atom. The highest BCUT2D eigenvalue weighted by Crippen LogP contribution is 2.15. The average molecular weight is 332 g/mol. The minimum atomic E-state index is -0.637. The van der Waals surface area contributed by atoms with Crippen molar-refractivity contribution in [2.45, 2.75) is 24.8 Å². The summed E-state index contributed by atoms with van der Waals surface area (Å²) in [6, 6.07) is 13.5. The Morgan fingerprint density at radius 1 is 1.26 bits per heavy atom. The molecule has 0 aliphatic carbocycles. The molecule has 0 radical (unpaired) electrons. The van der Waals surface area contributed by atoms with Crippen LogP contribution in [0.3, 0.4) is 0 Å². The van der Waals surface area contributed by atoms with E-state index in [1.54, 1.807) is 6.07 Å². The van der Waals surface area contributed by atoms with Crippen molar-refractivity contribution in [3.05, 3.63) is 58.3 Å². The van der Waals surface area contributed by atoms with Crippen LogP contribution in [0.4, 0.5) is 0 Å². The fourth-order valence-electron chi connectivity index (χ4n) is 2.58. The van der Waals surface area contributed by atoms with E-state index in [-0.39, 0.29) is 18.1 Å². The quantitative estimate of drug-likeness (QED) is 0.748. The van der Waals surface area contributed by atoms with Crippen molar-refractivity contribution in [2.24, 2.45) is 0 Å². The van der Waals surface area contributed by atoms with Crippen molar-refractivity contribution in [3.8, 4) is 0 Å². The lowest BCUT2D eigenvalue weighted by Gasteiger charge is -2.18. The van der Waals surface area contributed by atoms with Gasteiger partial charge in [0.1, 0.15) is 6.10 Å². The second kappa shape index (κ2) is 7.70. The number of aliphatic hydroxyl groups excluding tert-OH is 1. The molecule has 1 aliphatic rings. The van der Waals surface area contributed by atoms with Crippen LogP contribution in [0.25, 0.3) is 0 Å². The van der Waals surface area contributed by atoms with Gasteiger partial charge in [0.25, 0.3) is 5.91 Å². The number of amides is 1. The number of nitrogens with one attached hydrogen (secondary N) is 2. The fraction of sp³-hybridized carbons (Fsp3) is 0.353. The zero-order valence-electron chi connectivity index (χ0n) is 12.6. The number of hydrogen-bond donors (Lipinski definition) is 3. The van der Waals surface area contributed by atoms with Crippen LogP contribution in [0, 0.1) is 0 Å². The molecule has 2 aromatic rings. The summed E-state index contributed by atoms with van der Waals surface area (Å²) in [5.74, 6) is -0.128. The Morgan fingerprint density at radius 3 is 2.83 bits per heavy atom. The van der Waals surface area contributed by atoms with E-state index in [0.29, 0.717) is 24.6 Å². The number of carbonyl (C=O) groups excluding carboxylic acids is 1.